The van der Waals surface area contributed by atoms with Crippen LogP contribution in [-0.2, 0) is 9.63 Å². The lowest BCUT2D eigenvalue weighted by Crippen LogP contribution is -2.29. The molecule has 1 amide bonds. The Kier molecular flexibility index (Phi) is 6.73. The van der Waals surface area contributed by atoms with E-state index in [0.29, 0.717) is 25.6 Å². The van der Waals surface area contributed by atoms with Crippen LogP contribution in [0.5, 0.6) is 17.2 Å². The van der Waals surface area contributed by atoms with Gasteiger partial charge in [0.05, 0.1) is 18.9 Å². The van der Waals surface area contributed by atoms with Gasteiger partial charge in [-0.1, -0.05) is 11.2 Å². The van der Waals surface area contributed by atoms with Crippen LogP contribution in [0.15, 0.2) is 47.6 Å². The van der Waals surface area contributed by atoms with Crippen molar-refractivity contribution in [2.24, 2.45) is 5.16 Å². The molecule has 2 aromatic rings. The lowest BCUT2D eigenvalue weighted by molar-refractivity contribution is -0.126. The Balaban J connectivity index is 1.44. The topological polar surface area (TPSA) is 78.4 Å². The number of amides is 1. The molecule has 1 aliphatic heterocycles. The van der Waals surface area contributed by atoms with Crippen LogP contribution in [0.3, 0.4) is 0 Å². The minimum atomic E-state index is -0.258. The van der Waals surface area contributed by atoms with Crippen molar-refractivity contribution in [3.05, 3.63) is 53.6 Å². The van der Waals surface area contributed by atoms with Gasteiger partial charge in [-0.05, 0) is 61.4 Å². The average molecular weight is 384 g/mol. The molecule has 2 aromatic carbocycles. The maximum absolute atomic E-state index is 12.1. The van der Waals surface area contributed by atoms with E-state index in [-0.39, 0.29) is 18.6 Å². The Hall–Kier alpha value is -3.22. The zero-order chi connectivity index (χ0) is 19.8. The molecule has 0 bridgehead atoms. The first-order valence-electron chi connectivity index (χ1n) is 9.23. The van der Waals surface area contributed by atoms with Crippen LogP contribution >= 0.6 is 0 Å². The molecule has 0 aromatic heterocycles. The van der Waals surface area contributed by atoms with E-state index in [0.717, 1.165) is 22.6 Å². The van der Waals surface area contributed by atoms with Gasteiger partial charge in [0.15, 0.2) is 18.1 Å². The highest BCUT2D eigenvalue weighted by Gasteiger charge is 2.15. The molecule has 7 nitrogen and oxygen atoms in total. The van der Waals surface area contributed by atoms with E-state index < -0.39 is 0 Å². The lowest BCUT2D eigenvalue weighted by atomic mass is 10.1. The number of nitrogens with one attached hydrogen (secondary N) is 1. The summed E-state index contributed by atoms with van der Waals surface area (Å²) < 4.78 is 16.5. The highest BCUT2D eigenvalue weighted by Crippen LogP contribution is 2.32. The molecular formula is C21H24N2O5. The fraction of sp³-hybridized carbons (Fsp3) is 0.333. The summed E-state index contributed by atoms with van der Waals surface area (Å²) in [5.74, 6) is 1.96. The van der Waals surface area contributed by atoms with Crippen molar-refractivity contribution in [1.82, 2.24) is 5.32 Å². The molecule has 3 rings (SSSR count). The van der Waals surface area contributed by atoms with Gasteiger partial charge in [-0.2, -0.15) is 0 Å². The van der Waals surface area contributed by atoms with E-state index in [9.17, 15) is 4.79 Å². The van der Waals surface area contributed by atoms with Crippen molar-refractivity contribution < 1.29 is 23.8 Å². The third-order valence-corrected chi connectivity index (χ3v) is 4.11. The minimum Gasteiger partial charge on any atom is -0.494 e. The van der Waals surface area contributed by atoms with E-state index in [2.05, 4.69) is 10.5 Å². The second-order valence-corrected chi connectivity index (χ2v) is 6.20. The SMILES string of the molecule is CCOc1ccc(/C=N/OCC(=O)NC(C)c2ccc3c(c2)OCCO3)cc1. The first-order valence-corrected chi connectivity index (χ1v) is 9.23. The van der Waals surface area contributed by atoms with E-state index >= 15 is 0 Å². The van der Waals surface area contributed by atoms with E-state index in [1.54, 1.807) is 6.21 Å². The van der Waals surface area contributed by atoms with Crippen molar-refractivity contribution in [3.63, 3.8) is 0 Å². The largest absolute Gasteiger partial charge is 0.494 e. The van der Waals surface area contributed by atoms with Crippen LogP contribution in [-0.4, -0.2) is 38.5 Å². The maximum Gasteiger partial charge on any atom is 0.261 e. The number of benzene rings is 2. The summed E-state index contributed by atoms with van der Waals surface area (Å²) >= 11 is 0. The van der Waals surface area contributed by atoms with Crippen LogP contribution < -0.4 is 19.5 Å². The molecule has 28 heavy (non-hydrogen) atoms. The molecule has 1 aliphatic rings. The number of ether oxygens (including phenoxy) is 3. The smallest absolute Gasteiger partial charge is 0.261 e. The van der Waals surface area contributed by atoms with Crippen molar-refractivity contribution >= 4 is 12.1 Å². The number of fused-ring (bicyclic) bond motifs is 1. The standard InChI is InChI=1S/C21H24N2O5/c1-3-25-18-7-4-16(5-8-18)13-22-28-14-21(24)23-15(2)17-6-9-19-20(12-17)27-11-10-26-19/h4-9,12-13,15H,3,10-11,14H2,1-2H3,(H,23,24)/b22-13+. The van der Waals surface area contributed by atoms with Crippen LogP contribution in [0.2, 0.25) is 0 Å². The van der Waals surface area contributed by atoms with Crippen molar-refractivity contribution in [2.45, 2.75) is 19.9 Å². The van der Waals surface area contributed by atoms with E-state index in [1.807, 2.05) is 56.3 Å². The fourth-order valence-corrected chi connectivity index (χ4v) is 2.71. The molecule has 0 saturated carbocycles. The summed E-state index contributed by atoms with van der Waals surface area (Å²) in [4.78, 5) is 17.1. The highest BCUT2D eigenvalue weighted by atomic mass is 16.6. The van der Waals surface area contributed by atoms with Crippen molar-refractivity contribution in [2.75, 3.05) is 26.4 Å². The third-order valence-electron chi connectivity index (χ3n) is 4.11. The Morgan fingerprint density at radius 1 is 1.18 bits per heavy atom. The zero-order valence-electron chi connectivity index (χ0n) is 16.0. The molecule has 0 aliphatic carbocycles. The summed E-state index contributed by atoms with van der Waals surface area (Å²) in [6.45, 7) is 5.36. The molecule has 1 unspecified atom stereocenters. The Bertz CT molecular complexity index is 820. The summed E-state index contributed by atoms with van der Waals surface area (Å²) in [5.41, 5.74) is 1.78. The number of nitrogens with zero attached hydrogens (tertiary/aromatic N) is 1. The predicted molar refractivity (Wildman–Crippen MR) is 105 cm³/mol. The average Bonchev–Trinajstić information content (AvgIpc) is 2.72. The Labute approximate surface area is 164 Å². The predicted octanol–water partition coefficient (Wildman–Crippen LogP) is 3.08. The quantitative estimate of drug-likeness (QED) is 0.559. The van der Waals surface area contributed by atoms with Gasteiger partial charge in [-0.15, -0.1) is 0 Å². The van der Waals surface area contributed by atoms with Crippen LogP contribution in [0.25, 0.3) is 0 Å². The van der Waals surface area contributed by atoms with Crippen LogP contribution in [0, 0.1) is 0 Å². The van der Waals surface area contributed by atoms with Crippen LogP contribution in [0.4, 0.5) is 0 Å². The number of rotatable bonds is 8. The van der Waals surface area contributed by atoms with Gasteiger partial charge in [-0.25, -0.2) is 0 Å². The van der Waals surface area contributed by atoms with Gasteiger partial charge in [0, 0.05) is 0 Å². The van der Waals surface area contributed by atoms with Gasteiger partial charge < -0.3 is 24.4 Å². The molecule has 0 radical (unpaired) electrons. The van der Waals surface area contributed by atoms with E-state index in [4.69, 9.17) is 19.0 Å². The summed E-state index contributed by atoms with van der Waals surface area (Å²) in [5, 5.41) is 6.70. The van der Waals surface area contributed by atoms with Crippen molar-refractivity contribution in [1.29, 1.82) is 0 Å². The van der Waals surface area contributed by atoms with Gasteiger partial charge >= 0.3 is 0 Å². The summed E-state index contributed by atoms with van der Waals surface area (Å²) in [6, 6.07) is 12.9. The second-order valence-electron chi connectivity index (χ2n) is 6.20. The molecule has 1 heterocycles. The number of oxime groups is 1. The molecule has 148 valence electrons. The Morgan fingerprint density at radius 3 is 2.68 bits per heavy atom. The summed E-state index contributed by atoms with van der Waals surface area (Å²) in [7, 11) is 0. The fourth-order valence-electron chi connectivity index (χ4n) is 2.71. The normalized spacial score (nSPS) is 13.8. The molecule has 7 heteroatoms. The first kappa shape index (κ1) is 19.5. The van der Waals surface area contributed by atoms with Gasteiger partial charge in [-0.3, -0.25) is 4.79 Å². The molecule has 0 fully saturated rings. The number of carbonyl (C=O) groups is 1. The first-order chi connectivity index (χ1) is 13.7. The molecule has 1 N–H and O–H groups in total. The second kappa shape index (κ2) is 9.64. The van der Waals surface area contributed by atoms with Crippen molar-refractivity contribution in [3.8, 4) is 17.2 Å². The number of carbonyl (C=O) groups excluding carboxylic acids is 1. The number of hydrogen-bond acceptors (Lipinski definition) is 6. The number of hydrogen-bond donors (Lipinski definition) is 1. The van der Waals surface area contributed by atoms with Gasteiger partial charge in [0.2, 0.25) is 0 Å². The molecule has 1 atom stereocenters. The van der Waals surface area contributed by atoms with Gasteiger partial charge in [0.25, 0.3) is 5.91 Å². The highest BCUT2D eigenvalue weighted by molar-refractivity contribution is 5.80. The molecule has 0 spiro atoms. The van der Waals surface area contributed by atoms with Gasteiger partial charge in [0.1, 0.15) is 19.0 Å². The van der Waals surface area contributed by atoms with Crippen LogP contribution in [0.1, 0.15) is 31.0 Å². The molecular weight excluding hydrogens is 360 g/mol. The zero-order valence-corrected chi connectivity index (χ0v) is 16.0. The Morgan fingerprint density at radius 2 is 1.93 bits per heavy atom. The van der Waals surface area contributed by atoms with E-state index in [1.165, 1.54) is 0 Å². The summed E-state index contributed by atoms with van der Waals surface area (Å²) in [6.07, 6.45) is 1.55. The minimum absolute atomic E-state index is 0.164. The maximum atomic E-state index is 12.1. The lowest BCUT2D eigenvalue weighted by Gasteiger charge is -2.21. The third kappa shape index (κ3) is 5.39. The monoisotopic (exact) mass is 384 g/mol. The molecule has 0 saturated heterocycles.